The van der Waals surface area contributed by atoms with Gasteiger partial charge in [0.15, 0.2) is 11.5 Å². The Balaban J connectivity index is 2.50. The van der Waals surface area contributed by atoms with Crippen LogP contribution in [0.25, 0.3) is 0 Å². The third-order valence-corrected chi connectivity index (χ3v) is 3.01. The average Bonchev–Trinajstić information content (AvgIpc) is 2.44. The Hall–Kier alpha value is -2.14. The van der Waals surface area contributed by atoms with E-state index in [1.807, 2.05) is 0 Å². The van der Waals surface area contributed by atoms with Crippen LogP contribution in [0.3, 0.4) is 0 Å². The quantitative estimate of drug-likeness (QED) is 0.935. The molecule has 0 aliphatic heterocycles. The number of rotatable bonds is 4. The van der Waals surface area contributed by atoms with Crippen LogP contribution < -0.4 is 15.2 Å². The van der Waals surface area contributed by atoms with Gasteiger partial charge in [-0.05, 0) is 23.8 Å². The van der Waals surface area contributed by atoms with Crippen LogP contribution >= 0.6 is 0 Å². The van der Waals surface area contributed by atoms with Gasteiger partial charge in [-0.25, -0.2) is 8.78 Å². The number of para-hydroxylation sites is 1. The second-order valence-electron chi connectivity index (χ2n) is 4.26. The molecule has 0 aliphatic rings. The Morgan fingerprint density at radius 2 is 1.65 bits per heavy atom. The van der Waals surface area contributed by atoms with Crippen LogP contribution in [0, 0.1) is 11.6 Å². The predicted molar refractivity (Wildman–Crippen MR) is 71.9 cm³/mol. The lowest BCUT2D eigenvalue weighted by atomic mass is 9.98. The Bertz CT molecular complexity index is 597. The second-order valence-corrected chi connectivity index (χ2v) is 4.26. The highest BCUT2D eigenvalue weighted by atomic mass is 19.1. The maximum Gasteiger partial charge on any atom is 0.165 e. The summed E-state index contributed by atoms with van der Waals surface area (Å²) >= 11 is 0. The molecule has 5 heteroatoms. The summed E-state index contributed by atoms with van der Waals surface area (Å²) in [7, 11) is 3.00. The number of ether oxygens (including phenoxy) is 2. The van der Waals surface area contributed by atoms with Gasteiger partial charge in [-0.1, -0.05) is 12.1 Å². The van der Waals surface area contributed by atoms with Crippen LogP contribution in [0.4, 0.5) is 8.78 Å². The molecule has 0 heterocycles. The van der Waals surface area contributed by atoms with E-state index >= 15 is 0 Å². The van der Waals surface area contributed by atoms with E-state index in [4.69, 9.17) is 15.2 Å². The van der Waals surface area contributed by atoms with Crippen molar-refractivity contribution in [2.75, 3.05) is 14.2 Å². The molecule has 2 rings (SSSR count). The summed E-state index contributed by atoms with van der Waals surface area (Å²) in [6.07, 6.45) is 0. The predicted octanol–water partition coefficient (Wildman–Crippen LogP) is 3.03. The summed E-state index contributed by atoms with van der Waals surface area (Å²) in [6, 6.07) is 7.69. The highest BCUT2D eigenvalue weighted by Crippen LogP contribution is 2.36. The van der Waals surface area contributed by atoms with E-state index < -0.39 is 17.7 Å². The van der Waals surface area contributed by atoms with E-state index in [0.717, 1.165) is 6.07 Å². The number of nitrogens with two attached hydrogens (primary N) is 1. The summed E-state index contributed by atoms with van der Waals surface area (Å²) in [5.41, 5.74) is 7.01. The first-order chi connectivity index (χ1) is 9.56. The average molecular weight is 279 g/mol. The van der Waals surface area contributed by atoms with E-state index in [-0.39, 0.29) is 0 Å². The molecule has 2 aromatic carbocycles. The van der Waals surface area contributed by atoms with Gasteiger partial charge in [-0.3, -0.25) is 0 Å². The molecule has 3 nitrogen and oxygen atoms in total. The highest BCUT2D eigenvalue weighted by molar-refractivity contribution is 5.50. The van der Waals surface area contributed by atoms with Crippen molar-refractivity contribution >= 4 is 0 Å². The third kappa shape index (κ3) is 2.72. The molecule has 0 fully saturated rings. The van der Waals surface area contributed by atoms with Crippen molar-refractivity contribution in [1.82, 2.24) is 0 Å². The fraction of sp³-hybridized carbons (Fsp3) is 0.200. The third-order valence-electron chi connectivity index (χ3n) is 3.01. The Morgan fingerprint density at radius 1 is 1.00 bits per heavy atom. The number of halogens is 2. The molecule has 2 N–H and O–H groups in total. The Labute approximate surface area is 115 Å². The minimum atomic E-state index is -0.717. The molecule has 0 radical (unpaired) electrons. The second kappa shape index (κ2) is 5.88. The lowest BCUT2D eigenvalue weighted by Gasteiger charge is -2.18. The summed E-state index contributed by atoms with van der Waals surface area (Å²) in [6.45, 7) is 0. The summed E-state index contributed by atoms with van der Waals surface area (Å²) in [5.74, 6) is -0.376. The zero-order valence-corrected chi connectivity index (χ0v) is 11.2. The molecule has 0 saturated heterocycles. The molecule has 20 heavy (non-hydrogen) atoms. The SMILES string of the molecule is COc1cccc(C(N)c2cc(F)cc(F)c2)c1OC. The van der Waals surface area contributed by atoms with Gasteiger partial charge in [0, 0.05) is 11.6 Å². The van der Waals surface area contributed by atoms with Crippen LogP contribution in [0.15, 0.2) is 36.4 Å². The number of hydrogen-bond donors (Lipinski definition) is 1. The normalized spacial score (nSPS) is 12.1. The van der Waals surface area contributed by atoms with Gasteiger partial charge in [-0.15, -0.1) is 0 Å². The maximum absolute atomic E-state index is 13.3. The van der Waals surface area contributed by atoms with Gasteiger partial charge in [0.2, 0.25) is 0 Å². The summed E-state index contributed by atoms with van der Waals surface area (Å²) in [4.78, 5) is 0. The monoisotopic (exact) mass is 279 g/mol. The fourth-order valence-corrected chi connectivity index (χ4v) is 2.09. The molecule has 106 valence electrons. The van der Waals surface area contributed by atoms with Crippen LogP contribution in [0.2, 0.25) is 0 Å². The molecule has 1 atom stereocenters. The van der Waals surface area contributed by atoms with Crippen LogP contribution in [-0.4, -0.2) is 14.2 Å². The van der Waals surface area contributed by atoms with Gasteiger partial charge in [-0.2, -0.15) is 0 Å². The van der Waals surface area contributed by atoms with Crippen molar-refractivity contribution < 1.29 is 18.3 Å². The molecule has 0 aliphatic carbocycles. The minimum absolute atomic E-state index is 0.328. The van der Waals surface area contributed by atoms with E-state index in [9.17, 15) is 8.78 Å². The Morgan fingerprint density at radius 3 is 2.20 bits per heavy atom. The molecule has 0 amide bonds. The molecule has 2 aromatic rings. The van der Waals surface area contributed by atoms with Crippen LogP contribution in [0.5, 0.6) is 11.5 Å². The zero-order valence-electron chi connectivity index (χ0n) is 11.2. The lowest BCUT2D eigenvalue weighted by molar-refractivity contribution is 0.350. The van der Waals surface area contributed by atoms with E-state index in [0.29, 0.717) is 22.6 Å². The first-order valence-electron chi connectivity index (χ1n) is 5.99. The standard InChI is InChI=1S/C15H15F2NO2/c1-19-13-5-3-4-12(15(13)20-2)14(18)9-6-10(16)8-11(17)7-9/h3-8,14H,18H2,1-2H3. The first-order valence-corrected chi connectivity index (χ1v) is 5.99. The van der Waals surface area contributed by atoms with Gasteiger partial charge in [0.1, 0.15) is 11.6 Å². The zero-order chi connectivity index (χ0) is 14.7. The van der Waals surface area contributed by atoms with E-state index in [1.54, 1.807) is 18.2 Å². The van der Waals surface area contributed by atoms with Crippen molar-refractivity contribution in [1.29, 1.82) is 0 Å². The van der Waals surface area contributed by atoms with Crippen LogP contribution in [-0.2, 0) is 0 Å². The number of methoxy groups -OCH3 is 2. The van der Waals surface area contributed by atoms with Crippen molar-refractivity contribution in [3.63, 3.8) is 0 Å². The molecule has 0 aromatic heterocycles. The first kappa shape index (κ1) is 14.3. The van der Waals surface area contributed by atoms with Crippen molar-refractivity contribution in [3.05, 3.63) is 59.2 Å². The fourth-order valence-electron chi connectivity index (χ4n) is 2.09. The topological polar surface area (TPSA) is 44.5 Å². The molecular formula is C15H15F2NO2. The lowest BCUT2D eigenvalue weighted by Crippen LogP contribution is -2.14. The largest absolute Gasteiger partial charge is 0.493 e. The minimum Gasteiger partial charge on any atom is -0.493 e. The van der Waals surface area contributed by atoms with E-state index in [2.05, 4.69) is 0 Å². The Kier molecular flexibility index (Phi) is 4.20. The van der Waals surface area contributed by atoms with Crippen molar-refractivity contribution in [2.45, 2.75) is 6.04 Å². The summed E-state index contributed by atoms with van der Waals surface area (Å²) in [5, 5.41) is 0. The molecule has 0 saturated carbocycles. The summed E-state index contributed by atoms with van der Waals surface area (Å²) < 4.78 is 37.0. The van der Waals surface area contributed by atoms with Gasteiger partial charge < -0.3 is 15.2 Å². The van der Waals surface area contributed by atoms with Gasteiger partial charge >= 0.3 is 0 Å². The molecule has 1 unspecified atom stereocenters. The van der Waals surface area contributed by atoms with E-state index in [1.165, 1.54) is 26.4 Å². The highest BCUT2D eigenvalue weighted by Gasteiger charge is 2.18. The smallest absolute Gasteiger partial charge is 0.165 e. The molecular weight excluding hydrogens is 264 g/mol. The number of hydrogen-bond acceptors (Lipinski definition) is 3. The number of benzene rings is 2. The molecule has 0 bridgehead atoms. The van der Waals surface area contributed by atoms with Gasteiger partial charge in [0.05, 0.1) is 20.3 Å². The molecule has 0 spiro atoms. The van der Waals surface area contributed by atoms with Crippen molar-refractivity contribution in [2.24, 2.45) is 5.73 Å². The van der Waals surface area contributed by atoms with Gasteiger partial charge in [0.25, 0.3) is 0 Å². The maximum atomic E-state index is 13.3. The van der Waals surface area contributed by atoms with Crippen molar-refractivity contribution in [3.8, 4) is 11.5 Å². The van der Waals surface area contributed by atoms with Crippen LogP contribution in [0.1, 0.15) is 17.2 Å².